The number of benzene rings is 5. The number of fused-ring (bicyclic) bond motifs is 2. The lowest BCUT2D eigenvalue weighted by Crippen LogP contribution is -2.31. The largest absolute Gasteiger partial charge is 0.493 e. The Kier molecular flexibility index (Phi) is 8.63. The molecule has 0 aliphatic carbocycles. The lowest BCUT2D eigenvalue weighted by Gasteiger charge is -2.15. The summed E-state index contributed by atoms with van der Waals surface area (Å²) in [7, 11) is 1.59. The first-order chi connectivity index (χ1) is 23.4. The highest BCUT2D eigenvalue weighted by molar-refractivity contribution is 8.18. The number of ether oxygens (including phenoxy) is 2. The van der Waals surface area contributed by atoms with Gasteiger partial charge in [-0.05, 0) is 88.1 Å². The second kappa shape index (κ2) is 13.5. The number of amides is 1. The van der Waals surface area contributed by atoms with Gasteiger partial charge in [-0.1, -0.05) is 60.7 Å². The molecule has 238 valence electrons. The number of non-ortho nitro benzene ring substituents is 1. The number of hydrogen-bond donors (Lipinski definition) is 1. The summed E-state index contributed by atoms with van der Waals surface area (Å²) in [6, 6.07) is 34.1. The Bertz CT molecular complexity index is 2220. The van der Waals surface area contributed by atoms with E-state index in [-0.39, 0.29) is 11.6 Å². The number of thioether (sulfide) groups is 1. The smallest absolute Gasteiger partial charge is 0.269 e. The Morgan fingerprint density at radius 1 is 0.917 bits per heavy atom. The number of nitrogens with one attached hydrogen (secondary N) is 1. The maximum absolute atomic E-state index is 13.9. The van der Waals surface area contributed by atoms with E-state index in [1.165, 1.54) is 29.3 Å². The summed E-state index contributed by atoms with van der Waals surface area (Å²) in [5, 5.41) is 15.1. The highest BCUT2D eigenvalue weighted by Crippen LogP contribution is 2.37. The third-order valence-corrected chi connectivity index (χ3v) is 9.15. The van der Waals surface area contributed by atoms with Gasteiger partial charge in [0, 0.05) is 35.8 Å². The summed E-state index contributed by atoms with van der Waals surface area (Å²) < 4.78 is 11.8. The fourth-order valence-electron chi connectivity index (χ4n) is 5.65. The van der Waals surface area contributed by atoms with E-state index < -0.39 is 4.92 Å². The van der Waals surface area contributed by atoms with Crippen LogP contribution >= 0.6 is 11.8 Å². The molecule has 0 saturated carbocycles. The van der Waals surface area contributed by atoms with E-state index in [0.717, 1.165) is 33.0 Å². The maximum Gasteiger partial charge on any atom is 0.269 e. The molecule has 0 bridgehead atoms. The van der Waals surface area contributed by atoms with E-state index in [1.807, 2.05) is 60.8 Å². The lowest BCUT2D eigenvalue weighted by molar-refractivity contribution is -0.384. The first-order valence-corrected chi connectivity index (χ1v) is 16.1. The summed E-state index contributed by atoms with van der Waals surface area (Å²) in [6.45, 7) is 0.783. The fraction of sp³-hybridized carbons (Fsp3) is 0.105. The number of carbonyl (C=O) groups is 1. The monoisotopic (exact) mass is 654 g/mol. The van der Waals surface area contributed by atoms with Gasteiger partial charge in [-0.15, -0.1) is 0 Å². The molecule has 0 unspecified atom stereocenters. The van der Waals surface area contributed by atoms with Crippen molar-refractivity contribution in [1.29, 1.82) is 0 Å². The molecule has 1 fully saturated rings. The minimum Gasteiger partial charge on any atom is -0.493 e. The molecule has 1 aromatic heterocycles. The van der Waals surface area contributed by atoms with Crippen LogP contribution in [0.3, 0.4) is 0 Å². The van der Waals surface area contributed by atoms with Gasteiger partial charge in [0.25, 0.3) is 11.6 Å². The molecule has 0 spiro atoms. The summed E-state index contributed by atoms with van der Waals surface area (Å²) in [6.07, 6.45) is 4.40. The molecule has 5 aromatic carbocycles. The van der Waals surface area contributed by atoms with Crippen molar-refractivity contribution in [1.82, 2.24) is 9.88 Å². The molecule has 7 rings (SSSR count). The molecule has 6 aromatic rings. The van der Waals surface area contributed by atoms with E-state index >= 15 is 0 Å². The van der Waals surface area contributed by atoms with Crippen molar-refractivity contribution in [2.24, 2.45) is 4.99 Å². The van der Waals surface area contributed by atoms with Gasteiger partial charge in [-0.2, -0.15) is 0 Å². The molecule has 1 saturated heterocycles. The van der Waals surface area contributed by atoms with E-state index in [4.69, 9.17) is 14.5 Å². The van der Waals surface area contributed by atoms with Crippen molar-refractivity contribution >= 4 is 62.0 Å². The number of nitrogens with zero attached hydrogens (tertiary/aromatic N) is 3. The molecule has 1 aliphatic rings. The Labute approximate surface area is 280 Å². The number of para-hydroxylation sites is 1. The van der Waals surface area contributed by atoms with E-state index in [0.29, 0.717) is 46.8 Å². The van der Waals surface area contributed by atoms with Gasteiger partial charge in [0.05, 0.1) is 22.6 Å². The summed E-state index contributed by atoms with van der Waals surface area (Å²) >= 11 is 1.27. The summed E-state index contributed by atoms with van der Waals surface area (Å²) in [5.41, 5.74) is 4.44. The van der Waals surface area contributed by atoms with Crippen LogP contribution in [0.15, 0.2) is 125 Å². The number of nitro benzene ring substituents is 1. The predicted octanol–water partition coefficient (Wildman–Crippen LogP) is 8.66. The average Bonchev–Trinajstić information content (AvgIpc) is 3.66. The molecule has 1 aliphatic heterocycles. The number of aromatic amines is 1. The third-order valence-electron chi connectivity index (χ3n) is 8.15. The molecule has 9 nitrogen and oxygen atoms in total. The number of hydrogen-bond acceptors (Lipinski definition) is 7. The van der Waals surface area contributed by atoms with Gasteiger partial charge in [-0.3, -0.25) is 19.8 Å². The minimum absolute atomic E-state index is 0.0236. The van der Waals surface area contributed by atoms with Crippen LogP contribution < -0.4 is 9.47 Å². The molecule has 2 heterocycles. The number of nitro groups is 1. The predicted molar refractivity (Wildman–Crippen MR) is 191 cm³/mol. The quantitative estimate of drug-likeness (QED) is 0.0899. The number of rotatable bonds is 10. The SMILES string of the molecule is COc1cc(/C=C2\SC(=Nc3ccc([N+](=O)[O-])cc3)N(CCc3c[nH]c4ccccc34)C2=O)ccc1OCc1ccc2ccccc2c1. The molecule has 0 atom stereocenters. The Balaban J connectivity index is 1.13. The number of H-pyrrole nitrogens is 1. The first-order valence-electron chi connectivity index (χ1n) is 15.3. The molecule has 48 heavy (non-hydrogen) atoms. The first kappa shape index (κ1) is 30.8. The second-order valence-corrected chi connectivity index (χ2v) is 12.2. The number of aliphatic imine (C=N–C) groups is 1. The lowest BCUT2D eigenvalue weighted by atomic mass is 10.1. The van der Waals surface area contributed by atoms with Crippen molar-refractivity contribution in [2.75, 3.05) is 13.7 Å². The van der Waals surface area contributed by atoms with Crippen molar-refractivity contribution in [3.63, 3.8) is 0 Å². The Hall–Kier alpha value is -5.87. The summed E-state index contributed by atoms with van der Waals surface area (Å²) in [4.78, 5) is 34.8. The van der Waals surface area contributed by atoms with Crippen LogP contribution in [0.2, 0.25) is 0 Å². The second-order valence-electron chi connectivity index (χ2n) is 11.2. The van der Waals surface area contributed by atoms with E-state index in [1.54, 1.807) is 24.1 Å². The van der Waals surface area contributed by atoms with Crippen LogP contribution in [-0.4, -0.2) is 39.5 Å². The topological polar surface area (TPSA) is 110 Å². The zero-order valence-electron chi connectivity index (χ0n) is 26.0. The van der Waals surface area contributed by atoms with Crippen molar-refractivity contribution in [3.05, 3.63) is 147 Å². The Morgan fingerprint density at radius 3 is 2.52 bits per heavy atom. The van der Waals surface area contributed by atoms with Crippen molar-refractivity contribution in [3.8, 4) is 11.5 Å². The van der Waals surface area contributed by atoms with Gasteiger partial charge in [0.1, 0.15) is 6.61 Å². The van der Waals surface area contributed by atoms with Crippen LogP contribution in [0.25, 0.3) is 27.8 Å². The number of amidine groups is 1. The van der Waals surface area contributed by atoms with Crippen LogP contribution in [0.4, 0.5) is 11.4 Å². The molecule has 10 heteroatoms. The van der Waals surface area contributed by atoms with E-state index in [9.17, 15) is 14.9 Å². The maximum atomic E-state index is 13.9. The number of carbonyl (C=O) groups excluding carboxylic acids is 1. The highest BCUT2D eigenvalue weighted by atomic mass is 32.2. The number of aromatic nitrogens is 1. The zero-order chi connectivity index (χ0) is 33.0. The van der Waals surface area contributed by atoms with Gasteiger partial charge >= 0.3 is 0 Å². The number of methoxy groups -OCH3 is 1. The standard InChI is InChI=1S/C38H30N4O5S/c1-46-35-21-25(11-17-34(35)47-24-26-10-12-27-6-2-3-7-28(27)20-26)22-36-37(43)41(19-18-29-23-39-33-9-5-4-8-32(29)33)38(48-36)40-30-13-15-31(16-14-30)42(44)45/h2-17,20-23,39H,18-19,24H2,1H3/b36-22-,40-38?. The van der Waals surface area contributed by atoms with Gasteiger partial charge in [0.15, 0.2) is 16.7 Å². The molecule has 0 radical (unpaired) electrons. The van der Waals surface area contributed by atoms with Crippen LogP contribution in [0, 0.1) is 10.1 Å². The van der Waals surface area contributed by atoms with Crippen LogP contribution in [0.1, 0.15) is 16.7 Å². The fourth-order valence-corrected chi connectivity index (χ4v) is 6.68. The minimum atomic E-state index is -0.451. The van der Waals surface area contributed by atoms with Gasteiger partial charge in [0.2, 0.25) is 0 Å². The van der Waals surface area contributed by atoms with Crippen molar-refractivity contribution in [2.45, 2.75) is 13.0 Å². The van der Waals surface area contributed by atoms with E-state index in [2.05, 4.69) is 41.4 Å². The van der Waals surface area contributed by atoms with Crippen molar-refractivity contribution < 1.29 is 19.2 Å². The Morgan fingerprint density at radius 2 is 1.71 bits per heavy atom. The average molecular weight is 655 g/mol. The van der Waals surface area contributed by atoms with Crippen LogP contribution in [-0.2, 0) is 17.8 Å². The van der Waals surface area contributed by atoms with Gasteiger partial charge < -0.3 is 14.5 Å². The zero-order valence-corrected chi connectivity index (χ0v) is 26.8. The molecule has 1 amide bonds. The normalized spacial score (nSPS) is 14.8. The third kappa shape index (κ3) is 6.51. The van der Waals surface area contributed by atoms with Gasteiger partial charge in [-0.25, -0.2) is 4.99 Å². The molecular weight excluding hydrogens is 625 g/mol. The van der Waals surface area contributed by atoms with Crippen LogP contribution in [0.5, 0.6) is 11.5 Å². The molecule has 1 N–H and O–H groups in total. The summed E-state index contributed by atoms with van der Waals surface area (Å²) in [5.74, 6) is 0.978. The highest BCUT2D eigenvalue weighted by Gasteiger charge is 2.33. The molecular formula is C38H30N4O5S.